The molecule has 128 valence electrons. The van der Waals surface area contributed by atoms with Crippen molar-refractivity contribution in [3.05, 3.63) is 42.0 Å². The third-order valence-corrected chi connectivity index (χ3v) is 3.93. The molecule has 0 saturated heterocycles. The lowest BCUT2D eigenvalue weighted by atomic mass is 10.1. The second kappa shape index (κ2) is 8.24. The number of para-hydroxylation sites is 1. The van der Waals surface area contributed by atoms with E-state index in [9.17, 15) is 9.59 Å². The minimum Gasteiger partial charge on any atom is -0.352 e. The van der Waals surface area contributed by atoms with E-state index in [2.05, 4.69) is 20.7 Å². The van der Waals surface area contributed by atoms with E-state index in [1.807, 2.05) is 20.9 Å². The van der Waals surface area contributed by atoms with Gasteiger partial charge in [-0.15, -0.1) is 0 Å². The number of benzene rings is 1. The van der Waals surface area contributed by atoms with E-state index >= 15 is 0 Å². The van der Waals surface area contributed by atoms with Gasteiger partial charge in [0.05, 0.1) is 11.3 Å². The van der Waals surface area contributed by atoms with Crippen LogP contribution in [0.5, 0.6) is 0 Å². The summed E-state index contributed by atoms with van der Waals surface area (Å²) in [6.45, 7) is 4.26. The Bertz CT molecular complexity index is 711. The summed E-state index contributed by atoms with van der Waals surface area (Å²) in [5.74, 6) is 0.389. The number of anilines is 1. The van der Waals surface area contributed by atoms with Gasteiger partial charge < -0.3 is 10.6 Å². The molecule has 1 unspecified atom stereocenters. The minimum absolute atomic E-state index is 0.0863. The Morgan fingerprint density at radius 1 is 1.29 bits per heavy atom. The molecule has 0 spiro atoms. The maximum absolute atomic E-state index is 12.4. The number of amides is 2. The minimum atomic E-state index is -0.225. The lowest BCUT2D eigenvalue weighted by Crippen LogP contribution is -2.28. The van der Waals surface area contributed by atoms with E-state index in [1.54, 1.807) is 28.9 Å². The number of aryl methyl sites for hydroxylation is 1. The van der Waals surface area contributed by atoms with Crippen LogP contribution in [0, 0.1) is 5.92 Å². The molecule has 24 heavy (non-hydrogen) atoms. The number of nitrogens with one attached hydrogen (secondary N) is 2. The first kappa shape index (κ1) is 17.7. The predicted molar refractivity (Wildman–Crippen MR) is 91.6 cm³/mol. The molecule has 2 N–H and O–H groups in total. The molecule has 1 heterocycles. The van der Waals surface area contributed by atoms with E-state index in [0.29, 0.717) is 24.2 Å². The smallest absolute Gasteiger partial charge is 0.253 e. The fourth-order valence-electron chi connectivity index (χ4n) is 2.16. The Hall–Kier alpha value is -2.70. The van der Waals surface area contributed by atoms with Gasteiger partial charge in [-0.25, -0.2) is 4.98 Å². The van der Waals surface area contributed by atoms with Crippen LogP contribution in [0.4, 0.5) is 5.69 Å². The Labute approximate surface area is 141 Å². The van der Waals surface area contributed by atoms with Crippen molar-refractivity contribution in [2.24, 2.45) is 13.0 Å². The van der Waals surface area contributed by atoms with Crippen molar-refractivity contribution in [3.8, 4) is 0 Å². The van der Waals surface area contributed by atoms with Crippen molar-refractivity contribution in [3.63, 3.8) is 0 Å². The summed E-state index contributed by atoms with van der Waals surface area (Å²) in [6, 6.07) is 7.00. The standard InChI is InChI=1S/C17H23N5O2/c1-4-12(2)16(23)21-14-8-6-5-7-13(14)17(24)18-10-9-15-19-11-20-22(15)3/h5-8,11-12H,4,9-10H2,1-3H3,(H,18,24)(H,21,23). The third kappa shape index (κ3) is 4.41. The second-order valence-electron chi connectivity index (χ2n) is 5.65. The van der Waals surface area contributed by atoms with Gasteiger partial charge in [0.25, 0.3) is 5.91 Å². The van der Waals surface area contributed by atoms with Crippen molar-refractivity contribution >= 4 is 17.5 Å². The van der Waals surface area contributed by atoms with Crippen molar-refractivity contribution in [1.29, 1.82) is 0 Å². The molecule has 0 aliphatic heterocycles. The van der Waals surface area contributed by atoms with Gasteiger partial charge in [-0.1, -0.05) is 26.0 Å². The lowest BCUT2D eigenvalue weighted by Gasteiger charge is -2.13. The largest absolute Gasteiger partial charge is 0.352 e. The number of hydrogen-bond acceptors (Lipinski definition) is 4. The lowest BCUT2D eigenvalue weighted by molar-refractivity contribution is -0.119. The summed E-state index contributed by atoms with van der Waals surface area (Å²) in [4.78, 5) is 28.6. The number of carbonyl (C=O) groups is 2. The van der Waals surface area contributed by atoms with Crippen LogP contribution in [0.3, 0.4) is 0 Å². The van der Waals surface area contributed by atoms with Crippen molar-refractivity contribution in [2.45, 2.75) is 26.7 Å². The molecule has 0 fully saturated rings. The van der Waals surface area contributed by atoms with Gasteiger partial charge in [0.15, 0.2) is 0 Å². The first-order valence-corrected chi connectivity index (χ1v) is 8.03. The highest BCUT2D eigenvalue weighted by Gasteiger charge is 2.16. The average Bonchev–Trinajstić information content (AvgIpc) is 2.99. The zero-order chi connectivity index (χ0) is 17.5. The molecule has 7 heteroatoms. The first-order valence-electron chi connectivity index (χ1n) is 8.03. The van der Waals surface area contributed by atoms with Crippen LogP contribution in [0.1, 0.15) is 36.5 Å². The quantitative estimate of drug-likeness (QED) is 0.810. The van der Waals surface area contributed by atoms with Crippen LogP contribution in [0.2, 0.25) is 0 Å². The van der Waals surface area contributed by atoms with Gasteiger partial charge in [-0.2, -0.15) is 5.10 Å². The SMILES string of the molecule is CCC(C)C(=O)Nc1ccccc1C(=O)NCCc1ncnn1C. The van der Waals surface area contributed by atoms with Crippen molar-refractivity contribution in [2.75, 3.05) is 11.9 Å². The molecule has 0 saturated carbocycles. The monoisotopic (exact) mass is 329 g/mol. The van der Waals surface area contributed by atoms with E-state index < -0.39 is 0 Å². The highest BCUT2D eigenvalue weighted by Crippen LogP contribution is 2.16. The molecule has 0 aliphatic rings. The summed E-state index contributed by atoms with van der Waals surface area (Å²) in [6.07, 6.45) is 2.82. The zero-order valence-corrected chi connectivity index (χ0v) is 14.2. The van der Waals surface area contributed by atoms with Crippen LogP contribution in [0.25, 0.3) is 0 Å². The third-order valence-electron chi connectivity index (χ3n) is 3.93. The van der Waals surface area contributed by atoms with Gasteiger partial charge in [-0.05, 0) is 18.6 Å². The molecule has 2 amide bonds. The highest BCUT2D eigenvalue weighted by molar-refractivity contribution is 6.04. The van der Waals surface area contributed by atoms with Crippen LogP contribution in [-0.2, 0) is 18.3 Å². The molecule has 7 nitrogen and oxygen atoms in total. The number of carbonyl (C=O) groups excluding carboxylic acids is 2. The molecule has 2 aromatic rings. The number of hydrogen-bond donors (Lipinski definition) is 2. The molecule has 0 radical (unpaired) electrons. The predicted octanol–water partition coefficient (Wildman–Crippen LogP) is 1.77. The van der Waals surface area contributed by atoms with Crippen LogP contribution >= 0.6 is 0 Å². The Balaban J connectivity index is 1.99. The van der Waals surface area contributed by atoms with E-state index in [-0.39, 0.29) is 17.7 Å². The maximum Gasteiger partial charge on any atom is 0.253 e. The molecular weight excluding hydrogens is 306 g/mol. The molecule has 2 rings (SSSR count). The fourth-order valence-corrected chi connectivity index (χ4v) is 2.16. The van der Waals surface area contributed by atoms with Gasteiger partial charge in [0, 0.05) is 25.9 Å². The molecule has 0 aliphatic carbocycles. The summed E-state index contributed by atoms with van der Waals surface area (Å²) in [5.41, 5.74) is 0.978. The van der Waals surface area contributed by atoms with Gasteiger partial charge in [0.1, 0.15) is 12.2 Å². The Kier molecular flexibility index (Phi) is 6.06. The molecule has 0 bridgehead atoms. The van der Waals surface area contributed by atoms with Crippen LogP contribution in [0.15, 0.2) is 30.6 Å². The van der Waals surface area contributed by atoms with E-state index in [1.165, 1.54) is 6.33 Å². The van der Waals surface area contributed by atoms with Gasteiger partial charge >= 0.3 is 0 Å². The summed E-state index contributed by atoms with van der Waals surface area (Å²) in [5, 5.41) is 9.67. The topological polar surface area (TPSA) is 88.9 Å². The number of nitrogens with zero attached hydrogens (tertiary/aromatic N) is 3. The second-order valence-corrected chi connectivity index (χ2v) is 5.65. The molecule has 1 aromatic heterocycles. The van der Waals surface area contributed by atoms with Gasteiger partial charge in [-0.3, -0.25) is 14.3 Å². The molecular formula is C17H23N5O2. The average molecular weight is 329 g/mol. The summed E-state index contributed by atoms with van der Waals surface area (Å²) < 4.78 is 1.67. The van der Waals surface area contributed by atoms with Crippen LogP contribution < -0.4 is 10.6 Å². The molecule has 1 aromatic carbocycles. The van der Waals surface area contributed by atoms with E-state index in [0.717, 1.165) is 12.2 Å². The molecule has 1 atom stereocenters. The summed E-state index contributed by atoms with van der Waals surface area (Å²) in [7, 11) is 1.81. The van der Waals surface area contributed by atoms with Crippen LogP contribution in [-0.4, -0.2) is 33.1 Å². The number of aromatic nitrogens is 3. The van der Waals surface area contributed by atoms with Crippen molar-refractivity contribution < 1.29 is 9.59 Å². The maximum atomic E-state index is 12.4. The zero-order valence-electron chi connectivity index (χ0n) is 14.2. The van der Waals surface area contributed by atoms with E-state index in [4.69, 9.17) is 0 Å². The Morgan fingerprint density at radius 2 is 2.04 bits per heavy atom. The Morgan fingerprint density at radius 3 is 2.71 bits per heavy atom. The van der Waals surface area contributed by atoms with Gasteiger partial charge in [0.2, 0.25) is 5.91 Å². The number of rotatable bonds is 7. The first-order chi connectivity index (χ1) is 11.5. The van der Waals surface area contributed by atoms with Crippen molar-refractivity contribution in [1.82, 2.24) is 20.1 Å². The highest BCUT2D eigenvalue weighted by atomic mass is 16.2. The fraction of sp³-hybridized carbons (Fsp3) is 0.412. The normalized spacial score (nSPS) is 11.8. The summed E-state index contributed by atoms with van der Waals surface area (Å²) >= 11 is 0.